The van der Waals surface area contributed by atoms with E-state index in [2.05, 4.69) is 14.6 Å². The van der Waals surface area contributed by atoms with Gasteiger partial charge in [0, 0.05) is 0 Å². The minimum atomic E-state index is -4.41. The van der Waals surface area contributed by atoms with E-state index in [1.165, 1.54) is 6.20 Å². The lowest BCUT2D eigenvalue weighted by atomic mass is 10.4. The average molecular weight is 267 g/mol. The second-order valence-electron chi connectivity index (χ2n) is 3.29. The number of anilines is 1. The highest BCUT2D eigenvalue weighted by Gasteiger charge is 2.27. The standard InChI is InChI=1S/C9H12F3N3O3/c1-2-18-8(16)7-6(13)3-15(14-7)5-17-4-9(10,11)12/h3H,2,4-5,13H2,1H3. The number of nitrogens with zero attached hydrogens (tertiary/aromatic N) is 2. The summed E-state index contributed by atoms with van der Waals surface area (Å²) in [6.45, 7) is -0.0994. The summed E-state index contributed by atoms with van der Waals surface area (Å²) in [6.07, 6.45) is -3.22. The van der Waals surface area contributed by atoms with Crippen LogP contribution in [0.4, 0.5) is 18.9 Å². The minimum absolute atomic E-state index is 0.0176. The van der Waals surface area contributed by atoms with Crippen molar-refractivity contribution in [3.63, 3.8) is 0 Å². The number of alkyl halides is 3. The van der Waals surface area contributed by atoms with Crippen LogP contribution in [-0.4, -0.2) is 35.1 Å². The van der Waals surface area contributed by atoms with Crippen molar-refractivity contribution in [2.24, 2.45) is 0 Å². The third-order valence-electron chi connectivity index (χ3n) is 1.75. The lowest BCUT2D eigenvalue weighted by Crippen LogP contribution is -2.18. The molecule has 0 bridgehead atoms. The van der Waals surface area contributed by atoms with Crippen molar-refractivity contribution in [2.45, 2.75) is 19.8 Å². The third kappa shape index (κ3) is 4.24. The summed E-state index contributed by atoms with van der Waals surface area (Å²) in [5, 5.41) is 3.67. The number of esters is 1. The van der Waals surface area contributed by atoms with E-state index in [0.717, 1.165) is 4.68 Å². The Kier molecular flexibility index (Phi) is 4.54. The maximum absolute atomic E-state index is 11.8. The number of rotatable bonds is 5. The zero-order valence-electron chi connectivity index (χ0n) is 9.53. The molecule has 6 nitrogen and oxygen atoms in total. The summed E-state index contributed by atoms with van der Waals surface area (Å²) in [7, 11) is 0. The summed E-state index contributed by atoms with van der Waals surface area (Å²) in [4.78, 5) is 11.3. The van der Waals surface area contributed by atoms with Crippen LogP contribution in [0.25, 0.3) is 0 Å². The van der Waals surface area contributed by atoms with Gasteiger partial charge in [0.05, 0.1) is 18.5 Å². The molecule has 0 unspecified atom stereocenters. The Morgan fingerprint density at radius 1 is 1.56 bits per heavy atom. The Balaban J connectivity index is 2.59. The first-order valence-electron chi connectivity index (χ1n) is 4.98. The zero-order valence-corrected chi connectivity index (χ0v) is 9.53. The molecule has 102 valence electrons. The quantitative estimate of drug-likeness (QED) is 0.810. The Morgan fingerprint density at radius 2 is 2.22 bits per heavy atom. The van der Waals surface area contributed by atoms with Crippen molar-refractivity contribution in [3.8, 4) is 0 Å². The van der Waals surface area contributed by atoms with E-state index in [9.17, 15) is 18.0 Å². The van der Waals surface area contributed by atoms with Crippen LogP contribution >= 0.6 is 0 Å². The summed E-state index contributed by atoms with van der Waals surface area (Å²) >= 11 is 0. The van der Waals surface area contributed by atoms with Crippen LogP contribution in [0.3, 0.4) is 0 Å². The average Bonchev–Trinajstić information content (AvgIpc) is 2.58. The SMILES string of the molecule is CCOC(=O)c1nn(COCC(F)(F)F)cc1N. The molecule has 0 spiro atoms. The van der Waals surface area contributed by atoms with Gasteiger partial charge in [0.25, 0.3) is 0 Å². The molecule has 0 saturated carbocycles. The van der Waals surface area contributed by atoms with Crippen molar-refractivity contribution in [2.75, 3.05) is 18.9 Å². The molecule has 0 aliphatic heterocycles. The van der Waals surface area contributed by atoms with E-state index in [0.29, 0.717) is 0 Å². The molecule has 1 heterocycles. The second kappa shape index (κ2) is 5.71. The summed E-state index contributed by atoms with van der Waals surface area (Å²) in [6, 6.07) is 0. The van der Waals surface area contributed by atoms with Crippen molar-refractivity contribution >= 4 is 11.7 Å². The first kappa shape index (κ1) is 14.3. The molecule has 0 atom stereocenters. The maximum atomic E-state index is 11.8. The molecule has 18 heavy (non-hydrogen) atoms. The predicted octanol–water partition coefficient (Wildman–Crippen LogP) is 1.18. The Morgan fingerprint density at radius 3 is 2.78 bits per heavy atom. The van der Waals surface area contributed by atoms with Gasteiger partial charge < -0.3 is 15.2 Å². The van der Waals surface area contributed by atoms with Crippen molar-refractivity contribution in [3.05, 3.63) is 11.9 Å². The van der Waals surface area contributed by atoms with E-state index >= 15 is 0 Å². The molecule has 1 rings (SSSR count). The zero-order chi connectivity index (χ0) is 13.8. The van der Waals surface area contributed by atoms with Crippen molar-refractivity contribution < 1.29 is 27.4 Å². The first-order chi connectivity index (χ1) is 8.33. The molecule has 1 aromatic rings. The van der Waals surface area contributed by atoms with Crippen LogP contribution in [0.1, 0.15) is 17.4 Å². The normalized spacial score (nSPS) is 11.6. The van der Waals surface area contributed by atoms with Gasteiger partial charge in [-0.3, -0.25) is 0 Å². The van der Waals surface area contributed by atoms with Gasteiger partial charge in [-0.05, 0) is 6.92 Å². The van der Waals surface area contributed by atoms with Gasteiger partial charge in [0.2, 0.25) is 0 Å². The number of aromatic nitrogens is 2. The van der Waals surface area contributed by atoms with Crippen LogP contribution in [0.2, 0.25) is 0 Å². The van der Waals surface area contributed by atoms with Crippen LogP contribution in [0.5, 0.6) is 0 Å². The lowest BCUT2D eigenvalue weighted by molar-refractivity contribution is -0.182. The predicted molar refractivity (Wildman–Crippen MR) is 54.6 cm³/mol. The van der Waals surface area contributed by atoms with E-state index in [1.807, 2.05) is 0 Å². The molecule has 0 aromatic carbocycles. The number of hydrogen-bond acceptors (Lipinski definition) is 5. The number of ether oxygens (including phenoxy) is 2. The van der Waals surface area contributed by atoms with Crippen LogP contribution < -0.4 is 5.73 Å². The third-order valence-corrected chi connectivity index (χ3v) is 1.75. The van der Waals surface area contributed by atoms with Crippen LogP contribution in [-0.2, 0) is 16.2 Å². The van der Waals surface area contributed by atoms with Crippen LogP contribution in [0.15, 0.2) is 6.20 Å². The lowest BCUT2D eigenvalue weighted by Gasteiger charge is -2.07. The smallest absolute Gasteiger partial charge is 0.411 e. The number of carbonyl (C=O) groups is 1. The van der Waals surface area contributed by atoms with Gasteiger partial charge in [-0.25, -0.2) is 9.48 Å². The van der Waals surface area contributed by atoms with Gasteiger partial charge >= 0.3 is 12.1 Å². The topological polar surface area (TPSA) is 79.4 Å². The van der Waals surface area contributed by atoms with Crippen LogP contribution in [0, 0.1) is 0 Å². The molecule has 0 saturated heterocycles. The van der Waals surface area contributed by atoms with E-state index in [4.69, 9.17) is 5.73 Å². The van der Waals surface area contributed by atoms with Crippen molar-refractivity contribution in [1.82, 2.24) is 9.78 Å². The molecule has 9 heteroatoms. The molecular formula is C9H12F3N3O3. The highest BCUT2D eigenvalue weighted by molar-refractivity contribution is 5.92. The molecular weight excluding hydrogens is 255 g/mol. The van der Waals surface area contributed by atoms with Gasteiger partial charge in [0.1, 0.15) is 13.3 Å². The molecule has 0 amide bonds. The Labute approximate surface area is 100 Å². The van der Waals surface area contributed by atoms with E-state index < -0.39 is 25.5 Å². The number of hydrogen-bond donors (Lipinski definition) is 1. The van der Waals surface area contributed by atoms with Gasteiger partial charge in [-0.1, -0.05) is 0 Å². The van der Waals surface area contributed by atoms with Crippen molar-refractivity contribution in [1.29, 1.82) is 0 Å². The Bertz CT molecular complexity index is 417. The van der Waals surface area contributed by atoms with E-state index in [-0.39, 0.29) is 18.0 Å². The molecule has 0 radical (unpaired) electrons. The Hall–Kier alpha value is -1.77. The monoisotopic (exact) mass is 267 g/mol. The molecule has 2 N–H and O–H groups in total. The fraction of sp³-hybridized carbons (Fsp3) is 0.556. The summed E-state index contributed by atoms with van der Waals surface area (Å²) in [5.41, 5.74) is 5.34. The fourth-order valence-corrected chi connectivity index (χ4v) is 1.12. The molecule has 0 aliphatic rings. The number of halogens is 3. The van der Waals surface area contributed by atoms with E-state index in [1.54, 1.807) is 6.92 Å². The summed E-state index contributed by atoms with van der Waals surface area (Å²) in [5.74, 6) is -0.732. The number of carbonyl (C=O) groups excluding carboxylic acids is 1. The van der Waals surface area contributed by atoms with Gasteiger partial charge in [-0.15, -0.1) is 0 Å². The highest BCUT2D eigenvalue weighted by atomic mass is 19.4. The summed E-state index contributed by atoms with van der Waals surface area (Å²) < 4.78 is 45.5. The molecule has 0 aliphatic carbocycles. The molecule has 1 aromatic heterocycles. The van der Waals surface area contributed by atoms with Gasteiger partial charge in [-0.2, -0.15) is 18.3 Å². The minimum Gasteiger partial charge on any atom is -0.461 e. The first-order valence-corrected chi connectivity index (χ1v) is 4.98. The molecule has 0 fully saturated rings. The maximum Gasteiger partial charge on any atom is 0.411 e. The number of nitrogen functional groups attached to an aromatic ring is 1. The van der Waals surface area contributed by atoms with Gasteiger partial charge in [0.15, 0.2) is 5.69 Å². The number of nitrogens with two attached hydrogens (primary N) is 1. The fourth-order valence-electron chi connectivity index (χ4n) is 1.12. The largest absolute Gasteiger partial charge is 0.461 e. The highest BCUT2D eigenvalue weighted by Crippen LogP contribution is 2.15. The second-order valence-corrected chi connectivity index (χ2v) is 3.29.